The summed E-state index contributed by atoms with van der Waals surface area (Å²) in [4.78, 5) is 12.5. The summed E-state index contributed by atoms with van der Waals surface area (Å²) in [6.07, 6.45) is 3.57. The van der Waals surface area contributed by atoms with Gasteiger partial charge in [0.2, 0.25) is 5.91 Å². The number of para-hydroxylation sites is 1. The quantitative estimate of drug-likeness (QED) is 0.795. The molecule has 4 heteroatoms. The van der Waals surface area contributed by atoms with E-state index in [4.69, 9.17) is 4.74 Å². The van der Waals surface area contributed by atoms with E-state index in [-0.39, 0.29) is 23.4 Å². The van der Waals surface area contributed by atoms with E-state index in [1.54, 1.807) is 12.1 Å². The van der Waals surface area contributed by atoms with E-state index in [9.17, 15) is 9.18 Å². The summed E-state index contributed by atoms with van der Waals surface area (Å²) < 4.78 is 19.3. The lowest BCUT2D eigenvalue weighted by atomic mass is 9.83. The maximum atomic E-state index is 13.0. The fraction of sp³-hybridized carbons (Fsp3) is 0.409. The molecular weight excluding hydrogens is 329 g/mol. The maximum Gasteiger partial charge on any atom is 0.220 e. The second kappa shape index (κ2) is 7.90. The van der Waals surface area contributed by atoms with E-state index in [1.807, 2.05) is 24.3 Å². The Morgan fingerprint density at radius 2 is 1.85 bits per heavy atom. The summed E-state index contributed by atoms with van der Waals surface area (Å²) in [5, 5.41) is 3.19. The number of hydrogen-bond donors (Lipinski definition) is 1. The first kappa shape index (κ1) is 18.4. The molecule has 1 heterocycles. The highest BCUT2D eigenvalue weighted by molar-refractivity contribution is 5.77. The zero-order valence-corrected chi connectivity index (χ0v) is 15.4. The van der Waals surface area contributed by atoms with Gasteiger partial charge >= 0.3 is 0 Å². The number of fused-ring (bicyclic) bond motifs is 1. The van der Waals surface area contributed by atoms with Gasteiger partial charge in [-0.25, -0.2) is 4.39 Å². The number of rotatable bonds is 6. The smallest absolute Gasteiger partial charge is 0.220 e. The molecule has 26 heavy (non-hydrogen) atoms. The molecular formula is C22H26FNO2. The molecule has 0 fully saturated rings. The van der Waals surface area contributed by atoms with Crippen LogP contribution in [-0.4, -0.2) is 11.5 Å². The van der Waals surface area contributed by atoms with Crippen molar-refractivity contribution in [2.75, 3.05) is 0 Å². The molecule has 0 aliphatic carbocycles. The summed E-state index contributed by atoms with van der Waals surface area (Å²) in [5.41, 5.74) is 1.77. The molecule has 2 aromatic rings. The molecule has 0 spiro atoms. The van der Waals surface area contributed by atoms with Gasteiger partial charge in [0.15, 0.2) is 0 Å². The van der Waals surface area contributed by atoms with Crippen LogP contribution in [0.2, 0.25) is 0 Å². The molecule has 1 aliphatic heterocycles. The highest BCUT2D eigenvalue weighted by Crippen LogP contribution is 2.42. The third-order valence-corrected chi connectivity index (χ3v) is 5.37. The van der Waals surface area contributed by atoms with E-state index in [2.05, 4.69) is 19.2 Å². The molecule has 3 nitrogen and oxygen atoms in total. The molecule has 1 aliphatic rings. The number of halogens is 1. The Morgan fingerprint density at radius 3 is 2.54 bits per heavy atom. The number of ether oxygens (including phenoxy) is 1. The van der Waals surface area contributed by atoms with Gasteiger partial charge in [0, 0.05) is 18.4 Å². The van der Waals surface area contributed by atoms with E-state index in [0.717, 1.165) is 36.1 Å². The highest BCUT2D eigenvalue weighted by atomic mass is 19.1. The number of carbonyl (C=O) groups is 1. The molecule has 3 rings (SSSR count). The Balaban J connectivity index is 1.69. The number of carbonyl (C=O) groups excluding carboxylic acids is 1. The van der Waals surface area contributed by atoms with Crippen molar-refractivity contribution < 1.29 is 13.9 Å². The van der Waals surface area contributed by atoms with E-state index < -0.39 is 0 Å². The molecule has 1 N–H and O–H groups in total. The van der Waals surface area contributed by atoms with Crippen LogP contribution in [0.15, 0.2) is 48.5 Å². The highest BCUT2D eigenvalue weighted by Gasteiger charge is 2.38. The molecule has 1 amide bonds. The Kier molecular flexibility index (Phi) is 5.60. The van der Waals surface area contributed by atoms with Gasteiger partial charge in [-0.15, -0.1) is 0 Å². The fourth-order valence-electron chi connectivity index (χ4n) is 3.61. The number of benzene rings is 2. The van der Waals surface area contributed by atoms with Crippen molar-refractivity contribution in [1.29, 1.82) is 0 Å². The molecule has 2 aromatic carbocycles. The van der Waals surface area contributed by atoms with Gasteiger partial charge < -0.3 is 10.1 Å². The Hall–Kier alpha value is -2.36. The van der Waals surface area contributed by atoms with Crippen LogP contribution in [0.4, 0.5) is 4.39 Å². The number of nitrogens with one attached hydrogen (secondary N) is 1. The third-order valence-electron chi connectivity index (χ3n) is 5.37. The molecule has 1 unspecified atom stereocenters. The molecule has 1 atom stereocenters. The average molecular weight is 355 g/mol. The normalized spacial score (nSPS) is 17.9. The van der Waals surface area contributed by atoms with Crippen LogP contribution < -0.4 is 10.1 Å². The predicted octanol–water partition coefficient (Wildman–Crippen LogP) is 4.96. The average Bonchev–Trinajstić information content (AvgIpc) is 2.67. The van der Waals surface area contributed by atoms with Crippen LogP contribution >= 0.6 is 0 Å². The Morgan fingerprint density at radius 1 is 1.15 bits per heavy atom. The van der Waals surface area contributed by atoms with E-state index in [1.165, 1.54) is 12.1 Å². The van der Waals surface area contributed by atoms with Crippen LogP contribution in [0.3, 0.4) is 0 Å². The molecule has 0 saturated heterocycles. The second-order valence-corrected chi connectivity index (χ2v) is 6.98. The van der Waals surface area contributed by atoms with E-state index in [0.29, 0.717) is 12.8 Å². The van der Waals surface area contributed by atoms with Gasteiger partial charge in [-0.05, 0) is 43.0 Å². The van der Waals surface area contributed by atoms with Gasteiger partial charge in [0.1, 0.15) is 17.2 Å². The largest absolute Gasteiger partial charge is 0.487 e. The third kappa shape index (κ3) is 4.06. The zero-order valence-electron chi connectivity index (χ0n) is 15.4. The first-order valence-corrected chi connectivity index (χ1v) is 9.37. The summed E-state index contributed by atoms with van der Waals surface area (Å²) in [5.74, 6) is 0.621. The minimum atomic E-state index is -0.257. The first-order valence-electron chi connectivity index (χ1n) is 9.37. The van der Waals surface area contributed by atoms with Crippen molar-refractivity contribution in [1.82, 2.24) is 5.32 Å². The van der Waals surface area contributed by atoms with Gasteiger partial charge in [0.25, 0.3) is 0 Å². The molecule has 0 aromatic heterocycles. The van der Waals surface area contributed by atoms with Gasteiger partial charge in [-0.2, -0.15) is 0 Å². The predicted molar refractivity (Wildman–Crippen MR) is 101 cm³/mol. The van der Waals surface area contributed by atoms with Crippen LogP contribution in [0.25, 0.3) is 0 Å². The monoisotopic (exact) mass is 355 g/mol. The molecule has 0 radical (unpaired) electrons. The Labute approximate surface area is 154 Å². The van der Waals surface area contributed by atoms with Gasteiger partial charge in [-0.3, -0.25) is 4.79 Å². The SMILES string of the molecule is CCC1(CC)CC(NC(=O)CCc2ccc(F)cc2)c2ccccc2O1. The summed E-state index contributed by atoms with van der Waals surface area (Å²) in [7, 11) is 0. The van der Waals surface area contributed by atoms with Crippen LogP contribution in [0, 0.1) is 5.82 Å². The van der Waals surface area contributed by atoms with Gasteiger partial charge in [-0.1, -0.05) is 44.2 Å². The lowest BCUT2D eigenvalue weighted by Crippen LogP contribution is -2.44. The molecule has 0 bridgehead atoms. The maximum absolute atomic E-state index is 13.0. The van der Waals surface area contributed by atoms with Crippen molar-refractivity contribution in [3.05, 3.63) is 65.5 Å². The Bertz CT molecular complexity index is 753. The summed E-state index contributed by atoms with van der Waals surface area (Å²) in [6, 6.07) is 14.2. The lowest BCUT2D eigenvalue weighted by Gasteiger charge is -2.41. The zero-order chi connectivity index (χ0) is 18.6. The summed E-state index contributed by atoms with van der Waals surface area (Å²) in [6.45, 7) is 4.26. The lowest BCUT2D eigenvalue weighted by molar-refractivity contribution is -0.122. The number of hydrogen-bond acceptors (Lipinski definition) is 2. The minimum Gasteiger partial charge on any atom is -0.487 e. The fourth-order valence-corrected chi connectivity index (χ4v) is 3.61. The van der Waals surface area contributed by atoms with Crippen LogP contribution in [0.5, 0.6) is 5.75 Å². The van der Waals surface area contributed by atoms with Gasteiger partial charge in [0.05, 0.1) is 6.04 Å². The van der Waals surface area contributed by atoms with E-state index >= 15 is 0 Å². The topological polar surface area (TPSA) is 38.3 Å². The number of aryl methyl sites for hydroxylation is 1. The number of amides is 1. The first-order chi connectivity index (χ1) is 12.5. The van der Waals surface area contributed by atoms with Crippen molar-refractivity contribution in [3.63, 3.8) is 0 Å². The van der Waals surface area contributed by atoms with Crippen molar-refractivity contribution >= 4 is 5.91 Å². The van der Waals surface area contributed by atoms with Crippen LogP contribution in [0.1, 0.15) is 56.7 Å². The second-order valence-electron chi connectivity index (χ2n) is 6.98. The molecule has 0 saturated carbocycles. The van der Waals surface area contributed by atoms with Crippen molar-refractivity contribution in [2.45, 2.75) is 57.6 Å². The van der Waals surface area contributed by atoms with Crippen LogP contribution in [-0.2, 0) is 11.2 Å². The standard InChI is InChI=1S/C22H26FNO2/c1-3-22(4-2)15-19(18-7-5-6-8-20(18)26-22)24-21(25)14-11-16-9-12-17(23)13-10-16/h5-10,12-13,19H,3-4,11,14-15H2,1-2H3,(H,24,25). The molecule has 138 valence electrons. The van der Waals surface area contributed by atoms with Crippen molar-refractivity contribution in [3.8, 4) is 5.75 Å². The van der Waals surface area contributed by atoms with Crippen molar-refractivity contribution in [2.24, 2.45) is 0 Å². The summed E-state index contributed by atoms with van der Waals surface area (Å²) >= 11 is 0. The minimum absolute atomic E-state index is 0.0112.